The molecule has 0 saturated heterocycles. The van der Waals surface area contributed by atoms with Gasteiger partial charge in [-0.05, 0) is 76.8 Å². The second-order valence-corrected chi connectivity index (χ2v) is 10.5. The van der Waals surface area contributed by atoms with E-state index in [1.165, 1.54) is 12.1 Å². The van der Waals surface area contributed by atoms with Crippen molar-refractivity contribution < 1.29 is 37.0 Å². The highest BCUT2D eigenvalue weighted by Gasteiger charge is 2.30. The maximum atomic E-state index is 12.7. The van der Waals surface area contributed by atoms with Gasteiger partial charge in [0.15, 0.2) is 0 Å². The van der Waals surface area contributed by atoms with Gasteiger partial charge >= 0.3 is 12.1 Å². The summed E-state index contributed by atoms with van der Waals surface area (Å²) < 4.78 is 50.5. The van der Waals surface area contributed by atoms with Crippen molar-refractivity contribution in [3.05, 3.63) is 105 Å². The van der Waals surface area contributed by atoms with Crippen LogP contribution in [0.2, 0.25) is 0 Å². The molecule has 220 valence electrons. The number of oxazole rings is 1. The van der Waals surface area contributed by atoms with Gasteiger partial charge in [-0.3, -0.25) is 4.79 Å². The number of aliphatic carboxylic acids is 1. The predicted molar refractivity (Wildman–Crippen MR) is 153 cm³/mol. The van der Waals surface area contributed by atoms with Gasteiger partial charge < -0.3 is 19.6 Å². The number of aryl methyl sites for hydroxylation is 2. The van der Waals surface area contributed by atoms with Crippen molar-refractivity contribution in [3.63, 3.8) is 0 Å². The van der Waals surface area contributed by atoms with E-state index in [1.54, 1.807) is 18.2 Å². The Bertz CT molecular complexity index is 1520. The first-order valence-corrected chi connectivity index (χ1v) is 13.9. The number of halogens is 4. The van der Waals surface area contributed by atoms with Crippen molar-refractivity contribution in [2.24, 2.45) is 0 Å². The highest BCUT2D eigenvalue weighted by Crippen LogP contribution is 2.30. The van der Waals surface area contributed by atoms with Gasteiger partial charge in [-0.1, -0.05) is 36.4 Å². The molecule has 0 aliphatic carbocycles. The van der Waals surface area contributed by atoms with Crippen molar-refractivity contribution in [2.75, 3.05) is 6.61 Å². The number of rotatable bonds is 12. The van der Waals surface area contributed by atoms with Gasteiger partial charge in [-0.15, -0.1) is 0 Å². The van der Waals surface area contributed by atoms with Gasteiger partial charge in [-0.25, -0.2) is 9.78 Å². The minimum absolute atomic E-state index is 0.0284. The lowest BCUT2D eigenvalue weighted by Crippen LogP contribution is -2.42. The number of aromatic nitrogens is 1. The minimum atomic E-state index is -4.44. The zero-order valence-electron chi connectivity index (χ0n) is 22.6. The number of hydrogen-bond donors (Lipinski definition) is 2. The van der Waals surface area contributed by atoms with Crippen molar-refractivity contribution in [1.82, 2.24) is 10.3 Å². The van der Waals surface area contributed by atoms with Gasteiger partial charge in [0.25, 0.3) is 0 Å². The van der Waals surface area contributed by atoms with E-state index >= 15 is 0 Å². The maximum absolute atomic E-state index is 12.7. The molecule has 1 heterocycles. The quantitative estimate of drug-likeness (QED) is 0.176. The monoisotopic (exact) mass is 644 g/mol. The summed E-state index contributed by atoms with van der Waals surface area (Å²) in [5, 5.41) is 12.1. The summed E-state index contributed by atoms with van der Waals surface area (Å²) in [6.45, 7) is 2.19. The number of carboxylic acids is 1. The summed E-state index contributed by atoms with van der Waals surface area (Å²) >= 11 is 3.46. The molecule has 1 amide bonds. The Morgan fingerprint density at radius 2 is 1.71 bits per heavy atom. The second-order valence-electron chi connectivity index (χ2n) is 9.61. The number of nitrogens with one attached hydrogen (secondary N) is 1. The van der Waals surface area contributed by atoms with E-state index in [0.717, 1.165) is 23.4 Å². The molecule has 0 aliphatic heterocycles. The number of amides is 1. The van der Waals surface area contributed by atoms with E-state index < -0.39 is 29.7 Å². The minimum Gasteiger partial charge on any atom is -0.492 e. The van der Waals surface area contributed by atoms with Crippen LogP contribution in [-0.2, 0) is 35.0 Å². The SMILES string of the molecule is Cc1oc(-c2ccccc2)nc1CCOc1ccc(C[C@H](NC(=O)CCc2ccc(C(F)(F)F)cc2)C(=O)O)cc1Br. The van der Waals surface area contributed by atoms with Gasteiger partial charge in [0.05, 0.1) is 22.3 Å². The topological polar surface area (TPSA) is 102 Å². The molecular weight excluding hydrogens is 617 g/mol. The molecule has 0 bridgehead atoms. The van der Waals surface area contributed by atoms with E-state index in [4.69, 9.17) is 9.15 Å². The highest BCUT2D eigenvalue weighted by atomic mass is 79.9. The molecule has 42 heavy (non-hydrogen) atoms. The van der Waals surface area contributed by atoms with E-state index in [0.29, 0.717) is 46.0 Å². The van der Waals surface area contributed by atoms with Crippen LogP contribution in [0.5, 0.6) is 5.75 Å². The van der Waals surface area contributed by atoms with Crippen LogP contribution < -0.4 is 10.1 Å². The molecule has 7 nitrogen and oxygen atoms in total. The number of hydrogen-bond acceptors (Lipinski definition) is 5. The zero-order valence-corrected chi connectivity index (χ0v) is 24.2. The van der Waals surface area contributed by atoms with Gasteiger partial charge in [0.2, 0.25) is 11.8 Å². The Hall–Kier alpha value is -4.12. The van der Waals surface area contributed by atoms with E-state index in [2.05, 4.69) is 26.2 Å². The zero-order chi connectivity index (χ0) is 30.3. The molecule has 1 atom stereocenters. The normalized spacial score (nSPS) is 12.1. The first-order chi connectivity index (χ1) is 20.0. The third-order valence-electron chi connectivity index (χ3n) is 6.50. The Morgan fingerprint density at radius 1 is 1.02 bits per heavy atom. The van der Waals surface area contributed by atoms with Crippen LogP contribution in [-0.4, -0.2) is 34.6 Å². The molecule has 2 N–H and O–H groups in total. The van der Waals surface area contributed by atoms with Crippen LogP contribution in [0.3, 0.4) is 0 Å². The lowest BCUT2D eigenvalue weighted by Gasteiger charge is -2.16. The average Bonchev–Trinajstić information content (AvgIpc) is 3.33. The standard InChI is InChI=1S/C31H28BrF3N2O5/c1-19-25(37-29(42-19)22-5-3-2-4-6-22)15-16-41-27-13-9-21(17-24(27)32)18-26(30(39)40)36-28(38)14-10-20-7-11-23(12-8-20)31(33,34)35/h2-9,11-13,17,26H,10,14-16,18H2,1H3,(H,36,38)(H,39,40)/t26-/m0/s1. The third kappa shape index (κ3) is 8.45. The Labute approximate surface area is 248 Å². The number of benzene rings is 3. The van der Waals surface area contributed by atoms with Crippen molar-refractivity contribution in [2.45, 2.75) is 44.8 Å². The number of carbonyl (C=O) groups excluding carboxylic acids is 1. The summed E-state index contributed by atoms with van der Waals surface area (Å²) in [5.41, 5.74) is 2.11. The van der Waals surface area contributed by atoms with E-state index in [1.807, 2.05) is 37.3 Å². The van der Waals surface area contributed by atoms with Crippen LogP contribution in [0.4, 0.5) is 13.2 Å². The number of carboxylic acid groups (broad SMARTS) is 1. The van der Waals surface area contributed by atoms with Crippen molar-refractivity contribution >= 4 is 27.8 Å². The molecule has 11 heteroatoms. The first kappa shape index (κ1) is 30.8. The maximum Gasteiger partial charge on any atom is 0.416 e. The fourth-order valence-corrected chi connectivity index (χ4v) is 4.77. The molecule has 0 saturated carbocycles. The first-order valence-electron chi connectivity index (χ1n) is 13.1. The van der Waals surface area contributed by atoms with Crippen molar-refractivity contribution in [3.8, 4) is 17.2 Å². The van der Waals surface area contributed by atoms with Crippen LogP contribution in [0.1, 0.15) is 34.6 Å². The smallest absolute Gasteiger partial charge is 0.416 e. The number of ether oxygens (including phenoxy) is 1. The van der Waals surface area contributed by atoms with Crippen LogP contribution in [0.25, 0.3) is 11.5 Å². The van der Waals surface area contributed by atoms with Crippen LogP contribution in [0.15, 0.2) is 81.7 Å². The summed E-state index contributed by atoms with van der Waals surface area (Å²) in [6, 6.07) is 18.1. The van der Waals surface area contributed by atoms with Gasteiger partial charge in [0, 0.05) is 24.8 Å². The summed E-state index contributed by atoms with van der Waals surface area (Å²) in [7, 11) is 0. The fraction of sp³-hybridized carbons (Fsp3) is 0.258. The largest absolute Gasteiger partial charge is 0.492 e. The number of nitrogens with zero attached hydrogens (tertiary/aromatic N) is 1. The van der Waals surface area contributed by atoms with Crippen LogP contribution >= 0.6 is 15.9 Å². The second kappa shape index (κ2) is 13.7. The predicted octanol–water partition coefficient (Wildman–Crippen LogP) is 6.80. The molecule has 1 aromatic heterocycles. The Morgan fingerprint density at radius 3 is 2.36 bits per heavy atom. The fourth-order valence-electron chi connectivity index (χ4n) is 4.23. The summed E-state index contributed by atoms with van der Waals surface area (Å²) in [5.74, 6) is 0.115. The molecule has 3 aromatic carbocycles. The average molecular weight is 645 g/mol. The number of carbonyl (C=O) groups is 2. The van der Waals surface area contributed by atoms with E-state index in [9.17, 15) is 27.9 Å². The molecule has 0 radical (unpaired) electrons. The molecule has 0 aliphatic rings. The lowest BCUT2D eigenvalue weighted by molar-refractivity contribution is -0.141. The van der Waals surface area contributed by atoms with E-state index in [-0.39, 0.29) is 19.3 Å². The van der Waals surface area contributed by atoms with Gasteiger partial charge in [-0.2, -0.15) is 13.2 Å². The molecular formula is C31H28BrF3N2O5. The molecule has 4 aromatic rings. The molecule has 0 spiro atoms. The molecule has 0 unspecified atom stereocenters. The molecule has 0 fully saturated rings. The molecule has 4 rings (SSSR count). The van der Waals surface area contributed by atoms with Crippen LogP contribution in [0, 0.1) is 6.92 Å². The van der Waals surface area contributed by atoms with Gasteiger partial charge in [0.1, 0.15) is 17.6 Å². The lowest BCUT2D eigenvalue weighted by atomic mass is 10.0. The van der Waals surface area contributed by atoms with Crippen molar-refractivity contribution in [1.29, 1.82) is 0 Å². The summed E-state index contributed by atoms with van der Waals surface area (Å²) in [6.07, 6.45) is -3.77. The number of alkyl halides is 3. The summed E-state index contributed by atoms with van der Waals surface area (Å²) in [4.78, 5) is 28.8. The third-order valence-corrected chi connectivity index (χ3v) is 7.12. The Balaban J connectivity index is 1.28. The Kier molecular flexibility index (Phi) is 10.1. The highest BCUT2D eigenvalue weighted by molar-refractivity contribution is 9.10.